The topological polar surface area (TPSA) is 68.5 Å². The maximum atomic E-state index is 10.5. The van der Waals surface area contributed by atoms with Crippen LogP contribution >= 0.6 is 12.4 Å². The molecule has 3 rings (SSSR count). The third-order valence-electron chi connectivity index (χ3n) is 4.74. The zero-order valence-corrected chi connectivity index (χ0v) is 18.6. The molecule has 0 bridgehead atoms. The average Bonchev–Trinajstić information content (AvgIpc) is 3.12. The molecule has 0 spiro atoms. The maximum Gasteiger partial charge on any atom is 0.130 e. The fraction of sp³-hybridized carbons (Fsp3) is 0.348. The fourth-order valence-electron chi connectivity index (χ4n) is 3.36. The minimum absolute atomic E-state index is 0. The van der Waals surface area contributed by atoms with Gasteiger partial charge in [0.2, 0.25) is 0 Å². The fourth-order valence-corrected chi connectivity index (χ4v) is 3.36. The lowest BCUT2D eigenvalue weighted by atomic mass is 10.1. The van der Waals surface area contributed by atoms with Crippen LogP contribution in [0.4, 0.5) is 0 Å². The number of nitrogens with one attached hydrogen (secondary N) is 1. The van der Waals surface area contributed by atoms with Crippen LogP contribution in [0.15, 0.2) is 54.9 Å². The molecule has 0 amide bonds. The van der Waals surface area contributed by atoms with Gasteiger partial charge in [0.25, 0.3) is 0 Å². The van der Waals surface area contributed by atoms with Crippen molar-refractivity contribution < 1.29 is 14.6 Å². The minimum atomic E-state index is -0.663. The summed E-state index contributed by atoms with van der Waals surface area (Å²) in [5.74, 6) is 2.41. The second-order valence-corrected chi connectivity index (χ2v) is 7.30. The summed E-state index contributed by atoms with van der Waals surface area (Å²) in [7, 11) is 3.60. The highest BCUT2D eigenvalue weighted by molar-refractivity contribution is 5.85. The summed E-state index contributed by atoms with van der Waals surface area (Å²) in [4.78, 5) is 4.49. The van der Waals surface area contributed by atoms with Crippen LogP contribution in [-0.2, 0) is 7.05 Å². The number of nitrogens with zero attached hydrogens (tertiary/aromatic N) is 2. The Bertz CT molecular complexity index is 925. The van der Waals surface area contributed by atoms with E-state index in [-0.39, 0.29) is 25.1 Å². The van der Waals surface area contributed by atoms with Crippen molar-refractivity contribution in [1.29, 1.82) is 0 Å². The SMILES string of the molecule is COc1cccc(C(NCC(O)COc2cc(C)cc(C)c2)c2nccn2C)c1.Cl. The highest BCUT2D eigenvalue weighted by atomic mass is 35.5. The van der Waals surface area contributed by atoms with Gasteiger partial charge >= 0.3 is 0 Å². The van der Waals surface area contributed by atoms with Gasteiger partial charge in [-0.3, -0.25) is 0 Å². The first kappa shape index (κ1) is 23.7. The number of rotatable bonds is 9. The van der Waals surface area contributed by atoms with Crippen molar-refractivity contribution >= 4 is 12.4 Å². The first-order valence-corrected chi connectivity index (χ1v) is 9.70. The van der Waals surface area contributed by atoms with E-state index in [2.05, 4.69) is 16.4 Å². The molecule has 2 N–H and O–H groups in total. The van der Waals surface area contributed by atoms with Gasteiger partial charge in [-0.1, -0.05) is 18.2 Å². The highest BCUT2D eigenvalue weighted by Crippen LogP contribution is 2.24. The quantitative estimate of drug-likeness (QED) is 0.542. The molecule has 2 atom stereocenters. The molecule has 162 valence electrons. The van der Waals surface area contributed by atoms with Gasteiger partial charge in [-0.15, -0.1) is 12.4 Å². The van der Waals surface area contributed by atoms with Crippen LogP contribution < -0.4 is 14.8 Å². The first-order chi connectivity index (χ1) is 14.0. The molecule has 0 aliphatic carbocycles. The van der Waals surface area contributed by atoms with E-state index < -0.39 is 6.10 Å². The summed E-state index contributed by atoms with van der Waals surface area (Å²) in [6, 6.07) is 13.7. The van der Waals surface area contributed by atoms with Gasteiger partial charge in [-0.05, 0) is 54.8 Å². The Labute approximate surface area is 184 Å². The van der Waals surface area contributed by atoms with E-state index in [4.69, 9.17) is 9.47 Å². The number of ether oxygens (including phenoxy) is 2. The van der Waals surface area contributed by atoms with Gasteiger partial charge in [0.1, 0.15) is 30.0 Å². The second kappa shape index (κ2) is 11.0. The van der Waals surface area contributed by atoms with Crippen LogP contribution in [0, 0.1) is 13.8 Å². The molecule has 0 fully saturated rings. The normalized spacial score (nSPS) is 12.7. The van der Waals surface area contributed by atoms with Gasteiger partial charge in [0, 0.05) is 26.0 Å². The van der Waals surface area contributed by atoms with E-state index in [1.54, 1.807) is 13.3 Å². The highest BCUT2D eigenvalue weighted by Gasteiger charge is 2.20. The van der Waals surface area contributed by atoms with Crippen LogP contribution in [0.25, 0.3) is 0 Å². The lowest BCUT2D eigenvalue weighted by molar-refractivity contribution is 0.104. The Hall–Kier alpha value is -2.54. The molecule has 7 heteroatoms. The summed E-state index contributed by atoms with van der Waals surface area (Å²) in [6.07, 6.45) is 3.01. The predicted octanol–water partition coefficient (Wildman–Crippen LogP) is 3.59. The molecule has 0 radical (unpaired) electrons. The Morgan fingerprint density at radius 1 is 1.10 bits per heavy atom. The standard InChI is InChI=1S/C23H29N3O3.ClH/c1-16-10-17(2)12-21(11-16)29-15-19(27)14-25-22(23-24-8-9-26(23)3)18-6-5-7-20(13-18)28-4;/h5-13,19,22,25,27H,14-15H2,1-4H3;1H. The summed E-state index contributed by atoms with van der Waals surface area (Å²) in [6.45, 7) is 4.63. The summed E-state index contributed by atoms with van der Waals surface area (Å²) in [5.41, 5.74) is 3.29. The average molecular weight is 432 g/mol. The number of aliphatic hydroxyl groups excluding tert-OH is 1. The third kappa shape index (κ3) is 6.23. The lowest BCUT2D eigenvalue weighted by Gasteiger charge is -2.22. The number of aromatic nitrogens is 2. The zero-order chi connectivity index (χ0) is 20.8. The number of hydrogen-bond donors (Lipinski definition) is 2. The van der Waals surface area contributed by atoms with E-state index in [0.29, 0.717) is 6.54 Å². The van der Waals surface area contributed by atoms with Crippen LogP contribution in [0.1, 0.15) is 28.6 Å². The number of aliphatic hydroxyl groups is 1. The molecule has 0 saturated heterocycles. The molecule has 2 unspecified atom stereocenters. The largest absolute Gasteiger partial charge is 0.497 e. The summed E-state index contributed by atoms with van der Waals surface area (Å²) in [5, 5.41) is 13.9. The monoisotopic (exact) mass is 431 g/mol. The summed E-state index contributed by atoms with van der Waals surface area (Å²) >= 11 is 0. The molecule has 1 heterocycles. The molecule has 30 heavy (non-hydrogen) atoms. The number of hydrogen-bond acceptors (Lipinski definition) is 5. The summed E-state index contributed by atoms with van der Waals surface area (Å²) < 4.78 is 13.1. The van der Waals surface area contributed by atoms with Crippen LogP contribution in [-0.4, -0.2) is 41.0 Å². The van der Waals surface area contributed by atoms with E-state index in [9.17, 15) is 5.11 Å². The van der Waals surface area contributed by atoms with Gasteiger partial charge in [-0.25, -0.2) is 4.98 Å². The molecule has 2 aromatic carbocycles. The molecule has 0 aliphatic rings. The van der Waals surface area contributed by atoms with Gasteiger partial charge in [0.15, 0.2) is 0 Å². The number of imidazole rings is 1. The van der Waals surface area contributed by atoms with Gasteiger partial charge in [0.05, 0.1) is 13.2 Å². The maximum absolute atomic E-state index is 10.5. The van der Waals surface area contributed by atoms with Gasteiger partial charge in [-0.2, -0.15) is 0 Å². The van der Waals surface area contributed by atoms with Gasteiger partial charge < -0.3 is 24.5 Å². The van der Waals surface area contributed by atoms with Crippen molar-refractivity contribution in [3.05, 3.63) is 77.4 Å². The molecule has 0 saturated carbocycles. The molecule has 0 aliphatic heterocycles. The first-order valence-electron chi connectivity index (χ1n) is 9.70. The smallest absolute Gasteiger partial charge is 0.130 e. The number of halogens is 1. The van der Waals surface area contributed by atoms with Crippen LogP contribution in [0.5, 0.6) is 11.5 Å². The van der Waals surface area contributed by atoms with E-state index in [1.807, 2.05) is 68.1 Å². The Morgan fingerprint density at radius 3 is 2.47 bits per heavy atom. The second-order valence-electron chi connectivity index (χ2n) is 7.30. The Kier molecular flexibility index (Phi) is 8.72. The van der Waals surface area contributed by atoms with Crippen molar-refractivity contribution in [3.63, 3.8) is 0 Å². The third-order valence-corrected chi connectivity index (χ3v) is 4.74. The minimum Gasteiger partial charge on any atom is -0.497 e. The van der Waals surface area contributed by atoms with Crippen molar-refractivity contribution in [3.8, 4) is 11.5 Å². The molecule has 6 nitrogen and oxygen atoms in total. The number of aryl methyl sites for hydroxylation is 3. The Balaban J connectivity index is 0.00000320. The van der Waals surface area contributed by atoms with Crippen molar-refractivity contribution in [2.45, 2.75) is 26.0 Å². The molecule has 3 aromatic rings. The van der Waals surface area contributed by atoms with Crippen LogP contribution in [0.2, 0.25) is 0 Å². The molecular weight excluding hydrogens is 402 g/mol. The lowest BCUT2D eigenvalue weighted by Crippen LogP contribution is -2.35. The Morgan fingerprint density at radius 2 is 1.83 bits per heavy atom. The van der Waals surface area contributed by atoms with Crippen molar-refractivity contribution in [1.82, 2.24) is 14.9 Å². The number of methoxy groups -OCH3 is 1. The number of benzene rings is 2. The van der Waals surface area contributed by atoms with Crippen molar-refractivity contribution in [2.75, 3.05) is 20.3 Å². The predicted molar refractivity (Wildman–Crippen MR) is 121 cm³/mol. The van der Waals surface area contributed by atoms with Crippen molar-refractivity contribution in [2.24, 2.45) is 7.05 Å². The van der Waals surface area contributed by atoms with E-state index in [1.165, 1.54) is 0 Å². The molecular formula is C23H30ClN3O3. The molecule has 1 aromatic heterocycles. The zero-order valence-electron chi connectivity index (χ0n) is 17.8. The van der Waals surface area contributed by atoms with Crippen LogP contribution in [0.3, 0.4) is 0 Å². The van der Waals surface area contributed by atoms with E-state index in [0.717, 1.165) is 34.0 Å². The van der Waals surface area contributed by atoms with E-state index >= 15 is 0 Å².